The summed E-state index contributed by atoms with van der Waals surface area (Å²) in [4.78, 5) is 11.4. The third-order valence-corrected chi connectivity index (χ3v) is 2.90. The minimum absolute atomic E-state index is 0.00547. The third kappa shape index (κ3) is 6.49. The number of amides is 1. The van der Waals surface area contributed by atoms with Crippen LogP contribution in [0.4, 0.5) is 0 Å². The highest BCUT2D eigenvalue weighted by Crippen LogP contribution is 2.28. The summed E-state index contributed by atoms with van der Waals surface area (Å²) in [6, 6.07) is 6.27. The van der Waals surface area contributed by atoms with E-state index < -0.39 is 0 Å². The van der Waals surface area contributed by atoms with E-state index >= 15 is 0 Å². The maximum Gasteiger partial charge on any atom is 0.223 e. The van der Waals surface area contributed by atoms with Crippen LogP contribution in [0.15, 0.2) is 18.2 Å². The van der Waals surface area contributed by atoms with E-state index in [4.69, 9.17) is 9.47 Å². The summed E-state index contributed by atoms with van der Waals surface area (Å²) < 4.78 is 11.0. The van der Waals surface area contributed by atoms with Gasteiger partial charge < -0.3 is 20.1 Å². The summed E-state index contributed by atoms with van der Waals surface area (Å²) in [6.07, 6.45) is 0.339. The summed E-state index contributed by atoms with van der Waals surface area (Å²) in [5.74, 6) is 1.35. The zero-order chi connectivity index (χ0) is 15.7. The molecule has 21 heavy (non-hydrogen) atoms. The number of rotatable bonds is 9. The van der Waals surface area contributed by atoms with E-state index in [-0.39, 0.29) is 5.91 Å². The molecule has 0 radical (unpaired) electrons. The van der Waals surface area contributed by atoms with E-state index in [1.807, 2.05) is 25.1 Å². The molecule has 0 aromatic heterocycles. The Hall–Kier alpha value is -1.75. The molecule has 5 nitrogen and oxygen atoms in total. The first-order chi connectivity index (χ1) is 10.1. The van der Waals surface area contributed by atoms with Crippen molar-refractivity contribution in [1.29, 1.82) is 0 Å². The molecule has 1 amide bonds. The van der Waals surface area contributed by atoms with E-state index in [9.17, 15) is 4.79 Å². The Morgan fingerprint density at radius 2 is 2.05 bits per heavy atom. The Labute approximate surface area is 127 Å². The predicted molar refractivity (Wildman–Crippen MR) is 83.8 cm³/mol. The molecule has 0 bridgehead atoms. The minimum Gasteiger partial charge on any atom is -0.493 e. The SMILES string of the molecule is CCNC(=O)CCOc1cc(CNC(C)C)ccc1OC. The number of hydrogen-bond donors (Lipinski definition) is 2. The van der Waals surface area contributed by atoms with Crippen LogP contribution in [0.25, 0.3) is 0 Å². The normalized spacial score (nSPS) is 10.5. The number of carbonyl (C=O) groups excluding carboxylic acids is 1. The molecule has 0 unspecified atom stereocenters. The Morgan fingerprint density at radius 3 is 2.67 bits per heavy atom. The van der Waals surface area contributed by atoms with Gasteiger partial charge in [0.2, 0.25) is 5.91 Å². The monoisotopic (exact) mass is 294 g/mol. The van der Waals surface area contributed by atoms with Gasteiger partial charge in [0.1, 0.15) is 0 Å². The molecule has 0 fully saturated rings. The van der Waals surface area contributed by atoms with Gasteiger partial charge in [-0.05, 0) is 24.6 Å². The molecule has 0 atom stereocenters. The molecule has 0 saturated heterocycles. The number of ether oxygens (including phenoxy) is 2. The molecule has 0 spiro atoms. The van der Waals surface area contributed by atoms with E-state index in [1.165, 1.54) is 0 Å². The fraction of sp³-hybridized carbons (Fsp3) is 0.562. The Bertz CT molecular complexity index is 447. The molecular formula is C16H26N2O3. The molecule has 0 aliphatic carbocycles. The van der Waals surface area contributed by atoms with E-state index in [0.717, 1.165) is 12.1 Å². The smallest absolute Gasteiger partial charge is 0.223 e. The van der Waals surface area contributed by atoms with Crippen LogP contribution in [0.2, 0.25) is 0 Å². The number of benzene rings is 1. The van der Waals surface area contributed by atoms with Gasteiger partial charge in [-0.3, -0.25) is 4.79 Å². The summed E-state index contributed by atoms with van der Waals surface area (Å²) in [5.41, 5.74) is 1.12. The fourth-order valence-electron chi connectivity index (χ4n) is 1.81. The zero-order valence-corrected chi connectivity index (χ0v) is 13.4. The van der Waals surface area contributed by atoms with Gasteiger partial charge >= 0.3 is 0 Å². The van der Waals surface area contributed by atoms with Gasteiger partial charge in [-0.1, -0.05) is 19.9 Å². The molecule has 5 heteroatoms. The van der Waals surface area contributed by atoms with Crippen molar-refractivity contribution < 1.29 is 14.3 Å². The lowest BCUT2D eigenvalue weighted by Gasteiger charge is -2.13. The van der Waals surface area contributed by atoms with Crippen LogP contribution in [0, 0.1) is 0 Å². The Morgan fingerprint density at radius 1 is 1.29 bits per heavy atom. The molecule has 0 saturated carbocycles. The summed E-state index contributed by atoms with van der Waals surface area (Å²) in [5, 5.41) is 6.10. The molecular weight excluding hydrogens is 268 g/mol. The second-order valence-corrected chi connectivity index (χ2v) is 5.07. The lowest BCUT2D eigenvalue weighted by molar-refractivity contribution is -0.121. The van der Waals surface area contributed by atoms with Crippen LogP contribution in [0.1, 0.15) is 32.8 Å². The molecule has 2 N–H and O–H groups in total. The maximum atomic E-state index is 11.4. The van der Waals surface area contributed by atoms with Crippen molar-refractivity contribution in [2.24, 2.45) is 0 Å². The van der Waals surface area contributed by atoms with Crippen LogP contribution in [0.5, 0.6) is 11.5 Å². The first kappa shape index (κ1) is 17.3. The van der Waals surface area contributed by atoms with Crippen LogP contribution in [-0.4, -0.2) is 32.2 Å². The first-order valence-corrected chi connectivity index (χ1v) is 7.36. The van der Waals surface area contributed by atoms with Crippen molar-refractivity contribution in [3.8, 4) is 11.5 Å². The van der Waals surface area contributed by atoms with E-state index in [1.54, 1.807) is 7.11 Å². The summed E-state index contributed by atoms with van der Waals surface area (Å²) in [7, 11) is 1.61. The highest BCUT2D eigenvalue weighted by atomic mass is 16.5. The van der Waals surface area contributed by atoms with Crippen molar-refractivity contribution >= 4 is 5.91 Å². The van der Waals surface area contributed by atoms with Gasteiger partial charge in [0.05, 0.1) is 20.1 Å². The molecule has 1 rings (SSSR count). The summed E-state index contributed by atoms with van der Waals surface area (Å²) >= 11 is 0. The standard InChI is InChI=1S/C16H26N2O3/c1-5-17-16(19)8-9-21-15-10-13(11-18-12(2)3)6-7-14(15)20-4/h6-7,10,12,18H,5,8-9,11H2,1-4H3,(H,17,19). The topological polar surface area (TPSA) is 59.6 Å². The molecule has 0 heterocycles. The van der Waals surface area contributed by atoms with E-state index in [0.29, 0.717) is 37.1 Å². The number of carbonyl (C=O) groups is 1. The first-order valence-electron chi connectivity index (χ1n) is 7.36. The van der Waals surface area contributed by atoms with Gasteiger partial charge in [0.15, 0.2) is 11.5 Å². The number of nitrogens with one attached hydrogen (secondary N) is 2. The van der Waals surface area contributed by atoms with Crippen LogP contribution >= 0.6 is 0 Å². The summed E-state index contributed by atoms with van der Waals surface area (Å²) in [6.45, 7) is 7.85. The maximum absolute atomic E-state index is 11.4. The largest absolute Gasteiger partial charge is 0.493 e. The van der Waals surface area contributed by atoms with Crippen molar-refractivity contribution in [3.63, 3.8) is 0 Å². The Kier molecular flexibility index (Phi) is 7.61. The molecule has 1 aromatic carbocycles. The van der Waals surface area contributed by atoms with Gasteiger partial charge in [0.25, 0.3) is 0 Å². The van der Waals surface area contributed by atoms with Gasteiger partial charge in [-0.2, -0.15) is 0 Å². The quantitative estimate of drug-likeness (QED) is 0.732. The van der Waals surface area contributed by atoms with Gasteiger partial charge in [-0.15, -0.1) is 0 Å². The van der Waals surface area contributed by atoms with Gasteiger partial charge in [-0.25, -0.2) is 0 Å². The van der Waals surface area contributed by atoms with Crippen molar-refractivity contribution in [3.05, 3.63) is 23.8 Å². The lowest BCUT2D eigenvalue weighted by Crippen LogP contribution is -2.24. The number of hydrogen-bond acceptors (Lipinski definition) is 4. The van der Waals surface area contributed by atoms with Crippen molar-refractivity contribution in [2.45, 2.75) is 39.8 Å². The highest BCUT2D eigenvalue weighted by Gasteiger charge is 2.07. The fourth-order valence-corrected chi connectivity index (χ4v) is 1.81. The molecule has 0 aliphatic heterocycles. The number of methoxy groups -OCH3 is 1. The third-order valence-electron chi connectivity index (χ3n) is 2.90. The lowest BCUT2D eigenvalue weighted by atomic mass is 10.2. The second-order valence-electron chi connectivity index (χ2n) is 5.07. The van der Waals surface area contributed by atoms with Crippen LogP contribution in [0.3, 0.4) is 0 Å². The molecule has 0 aliphatic rings. The highest BCUT2D eigenvalue weighted by molar-refractivity contribution is 5.75. The molecule has 1 aromatic rings. The predicted octanol–water partition coefficient (Wildman–Crippen LogP) is 2.10. The minimum atomic E-state index is -0.00547. The average Bonchev–Trinajstić information content (AvgIpc) is 2.45. The van der Waals surface area contributed by atoms with E-state index in [2.05, 4.69) is 24.5 Å². The van der Waals surface area contributed by atoms with Crippen molar-refractivity contribution in [2.75, 3.05) is 20.3 Å². The van der Waals surface area contributed by atoms with Crippen LogP contribution < -0.4 is 20.1 Å². The zero-order valence-electron chi connectivity index (χ0n) is 13.4. The van der Waals surface area contributed by atoms with Crippen LogP contribution in [-0.2, 0) is 11.3 Å². The average molecular weight is 294 g/mol. The van der Waals surface area contributed by atoms with Crippen molar-refractivity contribution in [1.82, 2.24) is 10.6 Å². The second kappa shape index (κ2) is 9.23. The Balaban J connectivity index is 2.60. The molecule has 118 valence electrons. The van der Waals surface area contributed by atoms with Gasteiger partial charge in [0, 0.05) is 19.1 Å².